The number of H-pyrrole nitrogens is 1. The van der Waals surface area contributed by atoms with Crippen molar-refractivity contribution in [2.24, 2.45) is 5.92 Å². The summed E-state index contributed by atoms with van der Waals surface area (Å²) in [4.78, 5) is 18.0. The molecule has 2 aliphatic rings. The van der Waals surface area contributed by atoms with E-state index >= 15 is 0 Å². The highest BCUT2D eigenvalue weighted by Gasteiger charge is 2.41. The molecule has 0 spiro atoms. The standard InChI is InChI=1S/C25H25F3N2O2/c26-17-6-4-14(5-7-17)23-22(20-11-18(27)12-21(28)24(20)29-23)15-9-16(10-15)25(32)30-8-2-1-3-19(30)13-31/h4-7,11-12,15-16,19,29,31H,1-3,8-10,13H2/t15?,16?,19-/m0/s1. The molecular weight excluding hydrogens is 417 g/mol. The third-order valence-electron chi connectivity index (χ3n) is 7.01. The zero-order chi connectivity index (χ0) is 22.4. The number of carbonyl (C=O) groups is 1. The molecule has 1 saturated carbocycles. The number of piperidine rings is 1. The van der Waals surface area contributed by atoms with Crippen LogP contribution in [0, 0.1) is 23.4 Å². The molecule has 168 valence electrons. The number of carbonyl (C=O) groups excluding carboxylic acids is 1. The number of aromatic nitrogens is 1. The van der Waals surface area contributed by atoms with Gasteiger partial charge in [0.1, 0.15) is 17.5 Å². The second-order valence-electron chi connectivity index (χ2n) is 8.96. The molecule has 2 aromatic carbocycles. The molecule has 2 N–H and O–H groups in total. The van der Waals surface area contributed by atoms with Crippen molar-refractivity contribution in [3.8, 4) is 11.3 Å². The molecule has 2 fully saturated rings. The van der Waals surface area contributed by atoms with Gasteiger partial charge in [0.2, 0.25) is 5.91 Å². The number of hydrogen-bond acceptors (Lipinski definition) is 2. The predicted octanol–water partition coefficient (Wildman–Crippen LogP) is 5.12. The van der Waals surface area contributed by atoms with E-state index in [0.717, 1.165) is 30.9 Å². The second kappa shape index (κ2) is 8.28. The molecule has 32 heavy (non-hydrogen) atoms. The van der Waals surface area contributed by atoms with Crippen LogP contribution >= 0.6 is 0 Å². The summed E-state index contributed by atoms with van der Waals surface area (Å²) >= 11 is 0. The lowest BCUT2D eigenvalue weighted by atomic mass is 9.69. The van der Waals surface area contributed by atoms with E-state index in [1.807, 2.05) is 0 Å². The fourth-order valence-corrected chi connectivity index (χ4v) is 5.28. The highest BCUT2D eigenvalue weighted by molar-refractivity contribution is 5.92. The van der Waals surface area contributed by atoms with Gasteiger partial charge in [0.15, 0.2) is 0 Å². The molecule has 4 nitrogen and oxygen atoms in total. The molecule has 0 bridgehead atoms. The molecule has 1 saturated heterocycles. The van der Waals surface area contributed by atoms with Gasteiger partial charge >= 0.3 is 0 Å². The Morgan fingerprint density at radius 2 is 1.81 bits per heavy atom. The zero-order valence-electron chi connectivity index (χ0n) is 17.6. The molecule has 1 aliphatic heterocycles. The van der Waals surface area contributed by atoms with Crippen LogP contribution in [-0.4, -0.2) is 40.1 Å². The first-order valence-corrected chi connectivity index (χ1v) is 11.1. The molecule has 5 rings (SSSR count). The van der Waals surface area contributed by atoms with Crippen molar-refractivity contribution in [3.63, 3.8) is 0 Å². The highest BCUT2D eigenvalue weighted by atomic mass is 19.1. The van der Waals surface area contributed by atoms with E-state index in [2.05, 4.69) is 4.98 Å². The van der Waals surface area contributed by atoms with E-state index in [4.69, 9.17) is 0 Å². The lowest BCUT2D eigenvalue weighted by molar-refractivity contribution is -0.143. The summed E-state index contributed by atoms with van der Waals surface area (Å²) in [7, 11) is 0. The SMILES string of the molecule is O=C(C1CC(c2c(-c3ccc(F)cc3)[nH]c3c(F)cc(F)cc23)C1)N1CCCC[C@H]1CO. The Labute approximate surface area is 184 Å². The maximum atomic E-state index is 14.5. The molecule has 1 atom stereocenters. The summed E-state index contributed by atoms with van der Waals surface area (Å²) in [6, 6.07) is 7.92. The fraction of sp³-hybridized carbons (Fsp3) is 0.400. The van der Waals surface area contributed by atoms with Gasteiger partial charge in [0.25, 0.3) is 0 Å². The lowest BCUT2D eigenvalue weighted by Gasteiger charge is -2.42. The van der Waals surface area contributed by atoms with Crippen molar-refractivity contribution in [3.05, 3.63) is 59.4 Å². The van der Waals surface area contributed by atoms with Crippen molar-refractivity contribution < 1.29 is 23.1 Å². The third-order valence-corrected chi connectivity index (χ3v) is 7.01. The Balaban J connectivity index is 1.47. The monoisotopic (exact) mass is 442 g/mol. The Hall–Kier alpha value is -2.80. The van der Waals surface area contributed by atoms with Crippen molar-refractivity contribution in [2.75, 3.05) is 13.2 Å². The highest BCUT2D eigenvalue weighted by Crippen LogP contribution is 2.49. The Kier molecular flexibility index (Phi) is 5.45. The number of aromatic amines is 1. The maximum absolute atomic E-state index is 14.5. The number of rotatable bonds is 4. The summed E-state index contributed by atoms with van der Waals surface area (Å²) in [5, 5.41) is 10.1. The topological polar surface area (TPSA) is 56.3 Å². The summed E-state index contributed by atoms with van der Waals surface area (Å²) in [5.74, 6) is -1.88. The van der Waals surface area contributed by atoms with Crippen LogP contribution in [0.4, 0.5) is 13.2 Å². The Morgan fingerprint density at radius 1 is 1.06 bits per heavy atom. The first kappa shape index (κ1) is 21.1. The van der Waals surface area contributed by atoms with Gasteiger partial charge in [-0.25, -0.2) is 13.2 Å². The lowest BCUT2D eigenvalue weighted by Crippen LogP contribution is -2.50. The van der Waals surface area contributed by atoms with Crippen LogP contribution in [0.1, 0.15) is 43.6 Å². The molecule has 7 heteroatoms. The van der Waals surface area contributed by atoms with E-state index in [1.165, 1.54) is 18.2 Å². The number of aliphatic hydroxyl groups is 1. The van der Waals surface area contributed by atoms with Gasteiger partial charge in [-0.15, -0.1) is 0 Å². The maximum Gasteiger partial charge on any atom is 0.226 e. The van der Waals surface area contributed by atoms with E-state index in [0.29, 0.717) is 36.0 Å². The summed E-state index contributed by atoms with van der Waals surface area (Å²) < 4.78 is 42.0. The number of halogens is 3. The first-order valence-electron chi connectivity index (χ1n) is 11.1. The molecule has 3 aromatic rings. The van der Waals surface area contributed by atoms with Gasteiger partial charge in [0, 0.05) is 23.9 Å². The average Bonchev–Trinajstić information content (AvgIpc) is 3.12. The van der Waals surface area contributed by atoms with Crippen molar-refractivity contribution >= 4 is 16.8 Å². The van der Waals surface area contributed by atoms with Crippen LogP contribution in [0.25, 0.3) is 22.2 Å². The van der Waals surface area contributed by atoms with Gasteiger partial charge in [-0.2, -0.15) is 0 Å². The first-order chi connectivity index (χ1) is 15.5. The molecule has 1 aromatic heterocycles. The molecule has 1 aliphatic carbocycles. The summed E-state index contributed by atoms with van der Waals surface area (Å²) in [6.07, 6.45) is 3.91. The average molecular weight is 442 g/mol. The second-order valence-corrected chi connectivity index (χ2v) is 8.96. The smallest absolute Gasteiger partial charge is 0.226 e. The van der Waals surface area contributed by atoms with E-state index in [-0.39, 0.29) is 41.7 Å². The van der Waals surface area contributed by atoms with Crippen molar-refractivity contribution in [1.82, 2.24) is 9.88 Å². The van der Waals surface area contributed by atoms with Crippen LogP contribution in [0.5, 0.6) is 0 Å². The zero-order valence-corrected chi connectivity index (χ0v) is 17.6. The van der Waals surface area contributed by atoms with Crippen LogP contribution < -0.4 is 0 Å². The molecule has 1 amide bonds. The van der Waals surface area contributed by atoms with Crippen molar-refractivity contribution in [2.45, 2.75) is 44.1 Å². The van der Waals surface area contributed by atoms with Gasteiger partial charge in [-0.3, -0.25) is 4.79 Å². The van der Waals surface area contributed by atoms with E-state index < -0.39 is 11.6 Å². The number of hydrogen-bond donors (Lipinski definition) is 2. The quantitative estimate of drug-likeness (QED) is 0.589. The number of likely N-dealkylation sites (tertiary alicyclic amines) is 1. The molecule has 2 heterocycles. The minimum atomic E-state index is -0.680. The number of fused-ring (bicyclic) bond motifs is 1. The van der Waals surface area contributed by atoms with Crippen LogP contribution in [0.2, 0.25) is 0 Å². The van der Waals surface area contributed by atoms with Crippen molar-refractivity contribution in [1.29, 1.82) is 0 Å². The van der Waals surface area contributed by atoms with Gasteiger partial charge in [-0.1, -0.05) is 0 Å². The van der Waals surface area contributed by atoms with Gasteiger partial charge in [-0.05, 0) is 79.5 Å². The van der Waals surface area contributed by atoms with Gasteiger partial charge in [0.05, 0.1) is 23.9 Å². The number of nitrogens with one attached hydrogen (secondary N) is 1. The fourth-order valence-electron chi connectivity index (χ4n) is 5.28. The Morgan fingerprint density at radius 3 is 2.53 bits per heavy atom. The largest absolute Gasteiger partial charge is 0.394 e. The van der Waals surface area contributed by atoms with Gasteiger partial charge < -0.3 is 15.0 Å². The minimum absolute atomic E-state index is 0.0302. The molecular formula is C25H25F3N2O2. The predicted molar refractivity (Wildman–Crippen MR) is 116 cm³/mol. The number of nitrogens with zero attached hydrogens (tertiary/aromatic N) is 1. The van der Waals surface area contributed by atoms with E-state index in [9.17, 15) is 23.1 Å². The number of benzene rings is 2. The number of aliphatic hydroxyl groups excluding tert-OH is 1. The normalized spacial score (nSPS) is 23.4. The minimum Gasteiger partial charge on any atom is -0.394 e. The van der Waals surface area contributed by atoms with Crippen LogP contribution in [0.15, 0.2) is 36.4 Å². The van der Waals surface area contributed by atoms with E-state index in [1.54, 1.807) is 17.0 Å². The van der Waals surface area contributed by atoms with Crippen LogP contribution in [-0.2, 0) is 4.79 Å². The Bertz CT molecular complexity index is 1150. The van der Waals surface area contributed by atoms with Crippen LogP contribution in [0.3, 0.4) is 0 Å². The number of amides is 1. The summed E-state index contributed by atoms with van der Waals surface area (Å²) in [5.41, 5.74) is 2.30. The summed E-state index contributed by atoms with van der Waals surface area (Å²) in [6.45, 7) is 0.632. The third kappa shape index (κ3) is 3.58. The molecule has 0 unspecified atom stereocenters. The molecule has 0 radical (unpaired) electrons.